The molecule has 0 aliphatic rings. The van der Waals surface area contributed by atoms with Crippen molar-refractivity contribution >= 4 is 15.3 Å². The van der Waals surface area contributed by atoms with E-state index in [9.17, 15) is 18.9 Å². The molecule has 27 heavy (non-hydrogen) atoms. The lowest BCUT2D eigenvalue weighted by molar-refractivity contribution is 0.0857. The topological polar surface area (TPSA) is 176 Å². The van der Waals surface area contributed by atoms with E-state index in [1.54, 1.807) is 31.2 Å². The third-order valence-corrected chi connectivity index (χ3v) is 5.62. The Morgan fingerprint density at radius 3 is 2.26 bits per heavy atom. The molecular formula is C14H24N4O7P2. The molecule has 0 radical (unpaired) electrons. The molecule has 0 aliphatic heterocycles. The highest BCUT2D eigenvalue weighted by molar-refractivity contribution is 7.54. The van der Waals surface area contributed by atoms with E-state index < -0.39 is 27.4 Å². The SMILES string of the molecule is CCCC(C)(N=[N+]=[N-])Oc1ccc(CCN(CP(=O)(O)O)P(=O)(O)O)cc1. The Hall–Kier alpha value is -1.41. The maximum absolute atomic E-state index is 11.4. The normalized spacial score (nSPS) is 14.5. The van der Waals surface area contributed by atoms with Crippen molar-refractivity contribution in [2.75, 3.05) is 12.8 Å². The first-order valence-corrected chi connectivity index (χ1v) is 11.4. The van der Waals surface area contributed by atoms with Crippen LogP contribution in [0.1, 0.15) is 32.3 Å². The van der Waals surface area contributed by atoms with E-state index in [2.05, 4.69) is 10.0 Å². The first kappa shape index (κ1) is 23.6. The van der Waals surface area contributed by atoms with Crippen LogP contribution >= 0.6 is 15.3 Å². The van der Waals surface area contributed by atoms with Gasteiger partial charge < -0.3 is 24.3 Å². The third kappa shape index (κ3) is 8.88. The predicted molar refractivity (Wildman–Crippen MR) is 98.9 cm³/mol. The van der Waals surface area contributed by atoms with E-state index in [0.29, 0.717) is 22.4 Å². The zero-order chi connectivity index (χ0) is 20.7. The Morgan fingerprint density at radius 2 is 1.81 bits per heavy atom. The van der Waals surface area contributed by atoms with Crippen molar-refractivity contribution in [1.82, 2.24) is 4.67 Å². The predicted octanol–water partition coefficient (Wildman–Crippen LogP) is 2.96. The van der Waals surface area contributed by atoms with E-state index in [4.69, 9.17) is 20.1 Å². The fraction of sp³-hybridized carbons (Fsp3) is 0.571. The van der Waals surface area contributed by atoms with Crippen LogP contribution in [-0.4, -0.2) is 42.8 Å². The van der Waals surface area contributed by atoms with Gasteiger partial charge in [-0.3, -0.25) is 4.57 Å². The highest BCUT2D eigenvalue weighted by atomic mass is 31.2. The number of azide groups is 1. The summed E-state index contributed by atoms with van der Waals surface area (Å²) in [5.74, 6) is 0.462. The molecule has 0 fully saturated rings. The second-order valence-electron chi connectivity index (χ2n) is 6.16. The average Bonchev–Trinajstić information content (AvgIpc) is 2.51. The van der Waals surface area contributed by atoms with Crippen LogP contribution in [0.2, 0.25) is 0 Å². The summed E-state index contributed by atoms with van der Waals surface area (Å²) < 4.78 is 28.6. The molecule has 11 nitrogen and oxygen atoms in total. The van der Waals surface area contributed by atoms with Crippen molar-refractivity contribution in [2.24, 2.45) is 5.11 Å². The summed E-state index contributed by atoms with van der Waals surface area (Å²) >= 11 is 0. The van der Waals surface area contributed by atoms with Crippen LogP contribution < -0.4 is 4.74 Å². The van der Waals surface area contributed by atoms with E-state index in [1.807, 2.05) is 6.92 Å². The maximum atomic E-state index is 11.4. The number of rotatable bonds is 11. The summed E-state index contributed by atoms with van der Waals surface area (Å²) in [6, 6.07) is 6.57. The Labute approximate surface area is 157 Å². The van der Waals surface area contributed by atoms with Crippen molar-refractivity contribution in [3.63, 3.8) is 0 Å². The molecule has 1 aromatic carbocycles. The van der Waals surface area contributed by atoms with Gasteiger partial charge in [-0.05, 0) is 48.1 Å². The maximum Gasteiger partial charge on any atom is 0.403 e. The monoisotopic (exact) mass is 422 g/mol. The van der Waals surface area contributed by atoms with Gasteiger partial charge in [-0.15, -0.1) is 0 Å². The van der Waals surface area contributed by atoms with Gasteiger partial charge >= 0.3 is 15.3 Å². The van der Waals surface area contributed by atoms with E-state index in [0.717, 1.165) is 6.42 Å². The van der Waals surface area contributed by atoms with Crippen molar-refractivity contribution in [2.45, 2.75) is 38.8 Å². The summed E-state index contributed by atoms with van der Waals surface area (Å²) in [5, 5.41) is 3.68. The minimum Gasteiger partial charge on any atom is -0.481 e. The molecule has 1 atom stereocenters. The average molecular weight is 422 g/mol. The van der Waals surface area contributed by atoms with Gasteiger partial charge in [0, 0.05) is 11.5 Å². The molecule has 0 amide bonds. The fourth-order valence-electron chi connectivity index (χ4n) is 2.41. The lowest BCUT2D eigenvalue weighted by atomic mass is 10.1. The Balaban J connectivity index is 2.80. The van der Waals surface area contributed by atoms with Gasteiger partial charge in [-0.25, -0.2) is 4.57 Å². The number of ether oxygens (including phenoxy) is 1. The lowest BCUT2D eigenvalue weighted by Gasteiger charge is -2.25. The number of nitrogens with zero attached hydrogens (tertiary/aromatic N) is 4. The van der Waals surface area contributed by atoms with Gasteiger partial charge in [0.05, 0.1) is 0 Å². The summed E-state index contributed by atoms with van der Waals surface area (Å²) in [6.07, 6.45) is 0.414. The van der Waals surface area contributed by atoms with Crippen LogP contribution in [0.15, 0.2) is 29.4 Å². The molecular weight excluding hydrogens is 398 g/mol. The van der Waals surface area contributed by atoms with Gasteiger partial charge in [-0.1, -0.05) is 25.5 Å². The minimum atomic E-state index is -4.79. The second kappa shape index (κ2) is 9.68. The Kier molecular flexibility index (Phi) is 8.48. The van der Waals surface area contributed by atoms with Gasteiger partial charge in [0.2, 0.25) is 0 Å². The van der Waals surface area contributed by atoms with Gasteiger partial charge in [0.15, 0.2) is 5.72 Å². The van der Waals surface area contributed by atoms with E-state index in [1.165, 1.54) is 0 Å². The third-order valence-electron chi connectivity index (χ3n) is 3.61. The molecule has 1 unspecified atom stereocenters. The number of hydrogen-bond donors (Lipinski definition) is 4. The van der Waals surface area contributed by atoms with Crippen molar-refractivity contribution in [3.05, 3.63) is 40.3 Å². The minimum absolute atomic E-state index is 0.161. The molecule has 0 aliphatic carbocycles. The first-order valence-electron chi connectivity index (χ1n) is 8.08. The Morgan fingerprint density at radius 1 is 1.22 bits per heavy atom. The molecule has 0 saturated carbocycles. The molecule has 1 aromatic rings. The van der Waals surface area contributed by atoms with Crippen LogP contribution in [-0.2, 0) is 15.6 Å². The molecule has 0 spiro atoms. The zero-order valence-corrected chi connectivity index (χ0v) is 16.8. The van der Waals surface area contributed by atoms with Crippen molar-refractivity contribution < 1.29 is 33.4 Å². The van der Waals surface area contributed by atoms with Crippen molar-refractivity contribution in [1.29, 1.82) is 0 Å². The summed E-state index contributed by atoms with van der Waals surface area (Å²) in [5.41, 5.74) is 8.34. The number of benzene rings is 1. The standard InChI is InChI=1S/C14H24N4O7P2/c1-3-9-14(2,16-17-15)25-13-6-4-12(5-7-13)8-10-18(27(22,23)24)11-26(19,20)21/h4-7H,3,8-11H2,1-2H3,(H2,19,20,21)(H2,22,23,24). The lowest BCUT2D eigenvalue weighted by Crippen LogP contribution is -2.29. The number of hydrogen-bond acceptors (Lipinski definition) is 4. The molecule has 0 bridgehead atoms. The van der Waals surface area contributed by atoms with Crippen LogP contribution in [0.5, 0.6) is 5.75 Å². The molecule has 152 valence electrons. The molecule has 0 aromatic heterocycles. The summed E-state index contributed by atoms with van der Waals surface area (Å²) in [6.45, 7) is 3.37. The highest BCUT2D eigenvalue weighted by Crippen LogP contribution is 2.47. The van der Waals surface area contributed by atoms with E-state index >= 15 is 0 Å². The molecule has 0 heterocycles. The smallest absolute Gasteiger partial charge is 0.403 e. The fourth-order valence-corrected chi connectivity index (χ4v) is 4.49. The summed E-state index contributed by atoms with van der Waals surface area (Å²) in [4.78, 5) is 39.2. The van der Waals surface area contributed by atoms with Gasteiger partial charge in [-0.2, -0.15) is 4.67 Å². The van der Waals surface area contributed by atoms with Crippen LogP contribution in [0.4, 0.5) is 0 Å². The van der Waals surface area contributed by atoms with Gasteiger partial charge in [0.1, 0.15) is 12.0 Å². The molecule has 1 rings (SSSR count). The molecule has 0 saturated heterocycles. The van der Waals surface area contributed by atoms with Crippen molar-refractivity contribution in [3.8, 4) is 5.75 Å². The van der Waals surface area contributed by atoms with Crippen LogP contribution in [0.25, 0.3) is 10.4 Å². The summed E-state index contributed by atoms with van der Waals surface area (Å²) in [7, 11) is -9.40. The molecule has 4 N–H and O–H groups in total. The van der Waals surface area contributed by atoms with E-state index in [-0.39, 0.29) is 13.0 Å². The zero-order valence-electron chi connectivity index (χ0n) is 15.0. The van der Waals surface area contributed by atoms with Crippen LogP contribution in [0, 0.1) is 0 Å². The first-order chi connectivity index (χ1) is 12.4. The largest absolute Gasteiger partial charge is 0.481 e. The highest BCUT2D eigenvalue weighted by Gasteiger charge is 2.31. The quantitative estimate of drug-likeness (QED) is 0.182. The molecule has 13 heteroatoms. The van der Waals surface area contributed by atoms with Gasteiger partial charge in [0.25, 0.3) is 0 Å². The second-order valence-corrected chi connectivity index (χ2v) is 9.36. The Bertz CT molecular complexity index is 757. The van der Waals surface area contributed by atoms with Crippen LogP contribution in [0.3, 0.4) is 0 Å².